The number of carboxylic acids is 1. The summed E-state index contributed by atoms with van der Waals surface area (Å²) in [6.07, 6.45) is 2.63. The molecule has 24 heavy (non-hydrogen) atoms. The molecule has 122 valence electrons. The van der Waals surface area contributed by atoms with Crippen molar-refractivity contribution >= 4 is 17.8 Å². The Morgan fingerprint density at radius 2 is 1.79 bits per heavy atom. The molecule has 1 aromatic carbocycles. The summed E-state index contributed by atoms with van der Waals surface area (Å²) in [5.74, 6) is -1.93. The van der Waals surface area contributed by atoms with Crippen molar-refractivity contribution in [2.45, 2.75) is 24.8 Å². The van der Waals surface area contributed by atoms with Crippen LogP contribution >= 0.6 is 0 Å². The highest BCUT2D eigenvalue weighted by Crippen LogP contribution is 2.40. The molecule has 6 heteroatoms. The lowest BCUT2D eigenvalue weighted by atomic mass is 9.76. The molecule has 2 amide bonds. The van der Waals surface area contributed by atoms with Crippen LogP contribution in [-0.2, 0) is 26.3 Å². The number of aromatic nitrogens is 1. The van der Waals surface area contributed by atoms with Crippen LogP contribution < -0.4 is 0 Å². The Bertz CT molecular complexity index is 776. The second-order valence-corrected chi connectivity index (χ2v) is 5.84. The number of carboxylic acid groups (broad SMARTS) is 1. The first-order valence-electron chi connectivity index (χ1n) is 7.54. The highest BCUT2D eigenvalue weighted by Gasteiger charge is 2.53. The second-order valence-electron chi connectivity index (χ2n) is 5.84. The van der Waals surface area contributed by atoms with Crippen molar-refractivity contribution in [3.05, 3.63) is 66.0 Å². The van der Waals surface area contributed by atoms with Gasteiger partial charge in [-0.05, 0) is 23.3 Å². The van der Waals surface area contributed by atoms with Gasteiger partial charge >= 0.3 is 5.97 Å². The third kappa shape index (κ3) is 2.78. The smallest absolute Gasteiger partial charge is 0.304 e. The lowest BCUT2D eigenvalue weighted by Gasteiger charge is -2.25. The van der Waals surface area contributed by atoms with Gasteiger partial charge in [0.1, 0.15) is 0 Å². The van der Waals surface area contributed by atoms with Crippen LogP contribution in [0.15, 0.2) is 54.9 Å². The summed E-state index contributed by atoms with van der Waals surface area (Å²) in [5, 5.41) is 9.29. The fraction of sp³-hybridized carbons (Fsp3) is 0.222. The second kappa shape index (κ2) is 6.23. The van der Waals surface area contributed by atoms with Crippen LogP contribution in [0, 0.1) is 0 Å². The van der Waals surface area contributed by atoms with Gasteiger partial charge in [-0.1, -0.05) is 30.3 Å². The van der Waals surface area contributed by atoms with E-state index < -0.39 is 23.7 Å². The van der Waals surface area contributed by atoms with Gasteiger partial charge in [0.15, 0.2) is 0 Å². The highest BCUT2D eigenvalue weighted by molar-refractivity contribution is 6.10. The molecule has 0 aliphatic carbocycles. The Morgan fingerprint density at radius 1 is 1.12 bits per heavy atom. The molecule has 1 aromatic heterocycles. The Labute approximate surface area is 138 Å². The first-order valence-corrected chi connectivity index (χ1v) is 7.54. The van der Waals surface area contributed by atoms with E-state index in [-0.39, 0.29) is 18.9 Å². The summed E-state index contributed by atoms with van der Waals surface area (Å²) < 4.78 is 0. The zero-order valence-corrected chi connectivity index (χ0v) is 12.9. The van der Waals surface area contributed by atoms with Crippen molar-refractivity contribution in [2.75, 3.05) is 0 Å². The number of pyridine rings is 1. The van der Waals surface area contributed by atoms with Gasteiger partial charge in [-0.25, -0.2) is 0 Å². The van der Waals surface area contributed by atoms with Gasteiger partial charge in [0.2, 0.25) is 11.8 Å². The fourth-order valence-corrected chi connectivity index (χ4v) is 3.11. The molecule has 6 nitrogen and oxygen atoms in total. The molecule has 0 spiro atoms. The number of hydrogen-bond acceptors (Lipinski definition) is 4. The first-order chi connectivity index (χ1) is 11.5. The quantitative estimate of drug-likeness (QED) is 0.847. The third-order valence-corrected chi connectivity index (χ3v) is 4.28. The van der Waals surface area contributed by atoms with E-state index in [4.69, 9.17) is 0 Å². The van der Waals surface area contributed by atoms with Crippen LogP contribution in [0.2, 0.25) is 0 Å². The molecule has 0 saturated carbocycles. The largest absolute Gasteiger partial charge is 0.481 e. The zero-order chi connectivity index (χ0) is 17.2. The maximum atomic E-state index is 13.0. The maximum Gasteiger partial charge on any atom is 0.304 e. The van der Waals surface area contributed by atoms with Gasteiger partial charge in [-0.2, -0.15) is 0 Å². The van der Waals surface area contributed by atoms with E-state index in [1.165, 1.54) is 0 Å². The predicted molar refractivity (Wildman–Crippen MR) is 84.8 cm³/mol. The molecule has 0 unspecified atom stereocenters. The number of carbonyl (C=O) groups excluding carboxylic acids is 2. The minimum atomic E-state index is -1.34. The lowest BCUT2D eigenvalue weighted by Crippen LogP contribution is -2.39. The van der Waals surface area contributed by atoms with Crippen LogP contribution in [0.4, 0.5) is 0 Å². The fourth-order valence-electron chi connectivity index (χ4n) is 3.11. The Hall–Kier alpha value is -3.02. The molecule has 0 bridgehead atoms. The van der Waals surface area contributed by atoms with Crippen molar-refractivity contribution in [1.29, 1.82) is 0 Å². The molecule has 1 atom stereocenters. The van der Waals surface area contributed by atoms with Crippen LogP contribution in [0.25, 0.3) is 0 Å². The molecule has 0 radical (unpaired) electrons. The number of nitrogens with zero attached hydrogens (tertiary/aromatic N) is 2. The third-order valence-electron chi connectivity index (χ3n) is 4.28. The summed E-state index contributed by atoms with van der Waals surface area (Å²) in [5.41, 5.74) is -0.00845. The molecular weight excluding hydrogens is 308 g/mol. The van der Waals surface area contributed by atoms with Crippen molar-refractivity contribution < 1.29 is 19.5 Å². The van der Waals surface area contributed by atoms with Crippen molar-refractivity contribution in [3.63, 3.8) is 0 Å². The van der Waals surface area contributed by atoms with Crippen molar-refractivity contribution in [2.24, 2.45) is 0 Å². The molecule has 1 aliphatic heterocycles. The van der Waals surface area contributed by atoms with Gasteiger partial charge in [-0.3, -0.25) is 24.3 Å². The molecule has 1 fully saturated rings. The summed E-state index contributed by atoms with van der Waals surface area (Å²) in [6, 6.07) is 12.1. The van der Waals surface area contributed by atoms with E-state index in [9.17, 15) is 19.5 Å². The van der Waals surface area contributed by atoms with Crippen LogP contribution in [0.5, 0.6) is 0 Å². The number of aliphatic carboxylic acids is 1. The monoisotopic (exact) mass is 324 g/mol. The van der Waals surface area contributed by atoms with Gasteiger partial charge in [0.05, 0.1) is 18.4 Å². The number of rotatable bonds is 5. The van der Waals surface area contributed by atoms with Crippen LogP contribution in [-0.4, -0.2) is 32.8 Å². The van der Waals surface area contributed by atoms with Gasteiger partial charge < -0.3 is 5.11 Å². The van der Waals surface area contributed by atoms with Gasteiger partial charge in [0.25, 0.3) is 0 Å². The van der Waals surface area contributed by atoms with E-state index in [1.54, 1.807) is 54.9 Å². The van der Waals surface area contributed by atoms with Crippen molar-refractivity contribution in [1.82, 2.24) is 9.88 Å². The SMILES string of the molecule is O=C(O)C[C@@]1(c2ccccc2)CC(=O)N(Cc2ccncc2)C1=O. The molecule has 2 aromatic rings. The number of amides is 2. The molecule has 3 rings (SSSR count). The maximum absolute atomic E-state index is 13.0. The summed E-state index contributed by atoms with van der Waals surface area (Å²) in [7, 11) is 0. The van der Waals surface area contributed by atoms with E-state index in [1.807, 2.05) is 0 Å². The number of benzene rings is 1. The molecule has 1 saturated heterocycles. The standard InChI is InChI=1S/C18H16N2O4/c21-15-10-18(11-16(22)23,14-4-2-1-3-5-14)17(24)20(15)12-13-6-8-19-9-7-13/h1-9H,10-12H2,(H,22,23)/t18-/m1/s1. The average Bonchev–Trinajstić information content (AvgIpc) is 2.81. The minimum absolute atomic E-state index is 0.119. The predicted octanol–water partition coefficient (Wildman–Crippen LogP) is 1.75. The van der Waals surface area contributed by atoms with E-state index in [0.717, 1.165) is 10.5 Å². The lowest BCUT2D eigenvalue weighted by molar-refractivity contribution is -0.145. The summed E-state index contributed by atoms with van der Waals surface area (Å²) >= 11 is 0. The highest BCUT2D eigenvalue weighted by atomic mass is 16.4. The van der Waals surface area contributed by atoms with Gasteiger partial charge in [0, 0.05) is 18.8 Å². The van der Waals surface area contributed by atoms with Crippen LogP contribution in [0.3, 0.4) is 0 Å². The molecule has 2 heterocycles. The topological polar surface area (TPSA) is 87.6 Å². The van der Waals surface area contributed by atoms with Crippen molar-refractivity contribution in [3.8, 4) is 0 Å². The number of hydrogen-bond donors (Lipinski definition) is 1. The minimum Gasteiger partial charge on any atom is -0.481 e. The number of carbonyl (C=O) groups is 3. The normalized spacial score (nSPS) is 20.4. The van der Waals surface area contributed by atoms with E-state index in [0.29, 0.717) is 5.56 Å². The summed E-state index contributed by atoms with van der Waals surface area (Å²) in [6.45, 7) is 0.119. The number of imide groups is 1. The van der Waals surface area contributed by atoms with E-state index >= 15 is 0 Å². The Balaban J connectivity index is 1.98. The molecule has 1 N–H and O–H groups in total. The van der Waals surface area contributed by atoms with E-state index in [2.05, 4.69) is 4.98 Å². The molecule has 1 aliphatic rings. The Kier molecular flexibility index (Phi) is 4.12. The first kappa shape index (κ1) is 15.9. The van der Waals surface area contributed by atoms with Crippen LogP contribution in [0.1, 0.15) is 24.0 Å². The van der Waals surface area contributed by atoms with Gasteiger partial charge in [-0.15, -0.1) is 0 Å². The summed E-state index contributed by atoms with van der Waals surface area (Å²) in [4.78, 5) is 41.9. The Morgan fingerprint density at radius 3 is 2.42 bits per heavy atom. The average molecular weight is 324 g/mol. The molecular formula is C18H16N2O4. The zero-order valence-electron chi connectivity index (χ0n) is 12.9. The number of likely N-dealkylation sites (tertiary alicyclic amines) is 1.